The topological polar surface area (TPSA) is 82.4 Å². The summed E-state index contributed by atoms with van der Waals surface area (Å²) in [6, 6.07) is 8.80. The molecule has 1 unspecified atom stereocenters. The van der Waals surface area contributed by atoms with Gasteiger partial charge in [-0.25, -0.2) is 0 Å². The molecule has 24 heavy (non-hydrogen) atoms. The third-order valence-electron chi connectivity index (χ3n) is 3.65. The highest BCUT2D eigenvalue weighted by Gasteiger charge is 2.23. The molecule has 1 fully saturated rings. The van der Waals surface area contributed by atoms with Crippen LogP contribution >= 0.6 is 11.8 Å². The zero-order valence-electron chi connectivity index (χ0n) is 13.7. The molecule has 1 aliphatic rings. The van der Waals surface area contributed by atoms with Gasteiger partial charge in [-0.2, -0.15) is 5.26 Å². The van der Waals surface area contributed by atoms with Crippen molar-refractivity contribution >= 4 is 23.6 Å². The Balaban J connectivity index is 1.70. The Morgan fingerprint density at radius 1 is 1.33 bits per heavy atom. The first-order chi connectivity index (χ1) is 11.6. The Morgan fingerprint density at radius 2 is 2.00 bits per heavy atom. The average molecular weight is 347 g/mol. The van der Waals surface area contributed by atoms with Gasteiger partial charge in [-0.15, -0.1) is 11.8 Å². The van der Waals surface area contributed by atoms with Crippen LogP contribution in [0.2, 0.25) is 0 Å². The van der Waals surface area contributed by atoms with Crippen molar-refractivity contribution < 1.29 is 14.3 Å². The van der Waals surface area contributed by atoms with E-state index in [9.17, 15) is 9.59 Å². The second-order valence-electron chi connectivity index (χ2n) is 5.46. The lowest BCUT2D eigenvalue weighted by Gasteiger charge is -2.29. The molecule has 0 saturated carbocycles. The minimum Gasteiger partial charge on any atom is -0.378 e. The van der Waals surface area contributed by atoms with Crippen LogP contribution in [0.15, 0.2) is 29.2 Å². The summed E-state index contributed by atoms with van der Waals surface area (Å²) in [5.74, 6) is 0.424. The van der Waals surface area contributed by atoms with Crippen molar-refractivity contribution in [2.75, 3.05) is 32.1 Å². The van der Waals surface area contributed by atoms with Gasteiger partial charge >= 0.3 is 0 Å². The maximum atomic E-state index is 12.2. The van der Waals surface area contributed by atoms with Crippen molar-refractivity contribution in [3.63, 3.8) is 0 Å². The summed E-state index contributed by atoms with van der Waals surface area (Å²) in [5, 5.41) is 11.5. The van der Waals surface area contributed by atoms with Crippen LogP contribution in [0.25, 0.3) is 0 Å². The molecule has 2 amide bonds. The SMILES string of the molecule is CC(NC(=O)CCSc1ccc(C#N)cc1)C(=O)N1CCOCC1. The van der Waals surface area contributed by atoms with E-state index in [1.807, 2.05) is 12.1 Å². The molecule has 1 aliphatic heterocycles. The van der Waals surface area contributed by atoms with Crippen molar-refractivity contribution in [3.05, 3.63) is 29.8 Å². The number of thioether (sulfide) groups is 1. The molecule has 0 spiro atoms. The molecular formula is C17H21N3O3S. The van der Waals surface area contributed by atoms with E-state index in [4.69, 9.17) is 10.00 Å². The Morgan fingerprint density at radius 3 is 2.62 bits per heavy atom. The van der Waals surface area contributed by atoms with Crippen molar-refractivity contribution in [1.29, 1.82) is 5.26 Å². The van der Waals surface area contributed by atoms with Crippen LogP contribution in [0.1, 0.15) is 18.9 Å². The minimum absolute atomic E-state index is 0.0635. The number of hydrogen-bond acceptors (Lipinski definition) is 5. The van der Waals surface area contributed by atoms with E-state index in [1.54, 1.807) is 35.7 Å². The number of hydrogen-bond donors (Lipinski definition) is 1. The van der Waals surface area contributed by atoms with Crippen molar-refractivity contribution in [1.82, 2.24) is 10.2 Å². The summed E-state index contributed by atoms with van der Waals surface area (Å²) < 4.78 is 5.22. The summed E-state index contributed by atoms with van der Waals surface area (Å²) in [4.78, 5) is 26.9. The van der Waals surface area contributed by atoms with Crippen LogP contribution in [0.4, 0.5) is 0 Å². The van der Waals surface area contributed by atoms with E-state index in [1.165, 1.54) is 0 Å². The van der Waals surface area contributed by atoms with Crippen molar-refractivity contribution in [2.24, 2.45) is 0 Å². The second kappa shape index (κ2) is 9.30. The Bertz CT molecular complexity index is 607. The summed E-state index contributed by atoms with van der Waals surface area (Å²) >= 11 is 1.55. The third kappa shape index (κ3) is 5.55. The molecule has 7 heteroatoms. The van der Waals surface area contributed by atoms with E-state index >= 15 is 0 Å². The molecule has 1 atom stereocenters. The zero-order chi connectivity index (χ0) is 17.4. The number of morpholine rings is 1. The monoisotopic (exact) mass is 347 g/mol. The summed E-state index contributed by atoms with van der Waals surface area (Å²) in [7, 11) is 0. The van der Waals surface area contributed by atoms with E-state index in [2.05, 4.69) is 11.4 Å². The highest BCUT2D eigenvalue weighted by Crippen LogP contribution is 2.19. The molecule has 128 valence electrons. The molecular weight excluding hydrogens is 326 g/mol. The highest BCUT2D eigenvalue weighted by atomic mass is 32.2. The molecule has 1 N–H and O–H groups in total. The molecule has 2 rings (SSSR count). The first-order valence-electron chi connectivity index (χ1n) is 7.89. The van der Waals surface area contributed by atoms with Crippen LogP contribution in [0, 0.1) is 11.3 Å². The molecule has 1 aromatic carbocycles. The van der Waals surface area contributed by atoms with Gasteiger partial charge in [0.1, 0.15) is 6.04 Å². The number of carbonyl (C=O) groups is 2. The molecule has 6 nitrogen and oxygen atoms in total. The summed E-state index contributed by atoms with van der Waals surface area (Å²) in [6.07, 6.45) is 0.339. The van der Waals surface area contributed by atoms with Crippen LogP contribution in [0.3, 0.4) is 0 Å². The largest absolute Gasteiger partial charge is 0.378 e. The smallest absolute Gasteiger partial charge is 0.245 e. The van der Waals surface area contributed by atoms with Gasteiger partial charge in [-0.1, -0.05) is 0 Å². The van der Waals surface area contributed by atoms with Crippen LogP contribution in [0.5, 0.6) is 0 Å². The Labute approximate surface area is 146 Å². The number of nitrogens with zero attached hydrogens (tertiary/aromatic N) is 2. The van der Waals surface area contributed by atoms with Gasteiger partial charge in [0, 0.05) is 30.2 Å². The fraction of sp³-hybridized carbons (Fsp3) is 0.471. The van der Waals surface area contributed by atoms with Gasteiger partial charge in [-0.05, 0) is 31.2 Å². The fourth-order valence-corrected chi connectivity index (χ4v) is 3.17. The molecule has 0 bridgehead atoms. The van der Waals surface area contributed by atoms with Gasteiger partial charge in [0.2, 0.25) is 11.8 Å². The van der Waals surface area contributed by atoms with Crippen molar-refractivity contribution in [3.8, 4) is 6.07 Å². The molecule has 1 saturated heterocycles. The van der Waals surface area contributed by atoms with E-state index in [-0.39, 0.29) is 11.8 Å². The molecule has 1 heterocycles. The normalized spacial score (nSPS) is 15.4. The first kappa shape index (κ1) is 18.3. The molecule has 0 radical (unpaired) electrons. The lowest BCUT2D eigenvalue weighted by molar-refractivity contribution is -0.139. The number of amides is 2. The number of ether oxygens (including phenoxy) is 1. The Hall–Kier alpha value is -2.04. The number of rotatable bonds is 6. The van der Waals surface area contributed by atoms with Gasteiger partial charge in [0.15, 0.2) is 0 Å². The third-order valence-corrected chi connectivity index (χ3v) is 4.67. The molecule has 1 aromatic rings. The number of nitriles is 1. The lowest BCUT2D eigenvalue weighted by atomic mass is 10.2. The Kier molecular flexibility index (Phi) is 7.09. The summed E-state index contributed by atoms with van der Waals surface area (Å²) in [5.41, 5.74) is 0.618. The fourth-order valence-electron chi connectivity index (χ4n) is 2.32. The standard InChI is InChI=1S/C17H21N3O3S/c1-13(17(22)20-7-9-23-10-8-20)19-16(21)6-11-24-15-4-2-14(12-18)3-5-15/h2-5,13H,6-11H2,1H3,(H,19,21). The number of benzene rings is 1. The van der Waals surface area contributed by atoms with Crippen molar-refractivity contribution in [2.45, 2.75) is 24.3 Å². The lowest BCUT2D eigenvalue weighted by Crippen LogP contribution is -2.50. The first-order valence-corrected chi connectivity index (χ1v) is 8.87. The number of carbonyl (C=O) groups excluding carboxylic acids is 2. The van der Waals surface area contributed by atoms with Gasteiger partial charge in [0.25, 0.3) is 0 Å². The van der Waals surface area contributed by atoms with Gasteiger partial charge in [0.05, 0.1) is 24.8 Å². The predicted molar refractivity (Wildman–Crippen MR) is 91.5 cm³/mol. The maximum Gasteiger partial charge on any atom is 0.245 e. The van der Waals surface area contributed by atoms with Gasteiger partial charge in [-0.3, -0.25) is 9.59 Å². The summed E-state index contributed by atoms with van der Waals surface area (Å²) in [6.45, 7) is 3.96. The van der Waals surface area contributed by atoms with Crippen LogP contribution in [-0.4, -0.2) is 54.8 Å². The minimum atomic E-state index is -0.518. The van der Waals surface area contributed by atoms with Crippen LogP contribution in [-0.2, 0) is 14.3 Å². The highest BCUT2D eigenvalue weighted by molar-refractivity contribution is 7.99. The quantitative estimate of drug-likeness (QED) is 0.787. The second-order valence-corrected chi connectivity index (χ2v) is 6.63. The molecule has 0 aromatic heterocycles. The maximum absolute atomic E-state index is 12.2. The van der Waals surface area contributed by atoms with E-state index in [0.717, 1.165) is 4.90 Å². The average Bonchev–Trinajstić information content (AvgIpc) is 2.62. The van der Waals surface area contributed by atoms with Crippen LogP contribution < -0.4 is 5.32 Å². The van der Waals surface area contributed by atoms with E-state index in [0.29, 0.717) is 44.0 Å². The zero-order valence-corrected chi connectivity index (χ0v) is 14.5. The van der Waals surface area contributed by atoms with Gasteiger partial charge < -0.3 is 15.0 Å². The number of nitrogens with one attached hydrogen (secondary N) is 1. The van der Waals surface area contributed by atoms with E-state index < -0.39 is 6.04 Å². The predicted octanol–water partition coefficient (Wildman–Crippen LogP) is 1.40. The molecule has 0 aliphatic carbocycles.